The molecule has 1 fully saturated rings. The number of nitrogens with one attached hydrogen (secondary N) is 1. The molecule has 156 valence electrons. The van der Waals surface area contributed by atoms with Gasteiger partial charge in [0.25, 0.3) is 0 Å². The fourth-order valence-corrected chi connectivity index (χ4v) is 5.63. The van der Waals surface area contributed by atoms with Gasteiger partial charge < -0.3 is 4.74 Å². The van der Waals surface area contributed by atoms with E-state index in [1.54, 1.807) is 24.7 Å². The summed E-state index contributed by atoms with van der Waals surface area (Å²) in [5, 5.41) is 9.20. The molecule has 0 saturated heterocycles. The first-order valence-corrected chi connectivity index (χ1v) is 11.7. The molecule has 1 aromatic carbocycles. The van der Waals surface area contributed by atoms with Crippen LogP contribution in [0.4, 0.5) is 0 Å². The average Bonchev–Trinajstić information content (AvgIpc) is 3.23. The molecule has 3 aromatic rings. The number of sulfonamides is 1. The molecule has 0 radical (unpaired) electrons. The maximum absolute atomic E-state index is 13.1. The van der Waals surface area contributed by atoms with Crippen LogP contribution in [-0.2, 0) is 21.3 Å². The molecule has 0 amide bonds. The normalized spacial score (nSPS) is 15.8. The largest absolute Gasteiger partial charge is 0.383 e. The number of rotatable bonds is 8. The molecule has 0 unspecified atom stereocenters. The predicted molar refractivity (Wildman–Crippen MR) is 110 cm³/mol. The lowest BCUT2D eigenvalue weighted by Gasteiger charge is -2.15. The second-order valence-corrected chi connectivity index (χ2v) is 10.1. The van der Waals surface area contributed by atoms with E-state index >= 15 is 0 Å². The smallest absolute Gasteiger partial charge is 0.335 e. The van der Waals surface area contributed by atoms with Crippen molar-refractivity contribution in [3.05, 3.63) is 33.7 Å². The lowest BCUT2D eigenvalue weighted by Crippen LogP contribution is -2.36. The fourth-order valence-electron chi connectivity index (χ4n) is 3.39. The molecule has 2 heterocycles. The maximum atomic E-state index is 13.1. The molecule has 4 rings (SSSR count). The number of aromatic nitrogens is 4. The van der Waals surface area contributed by atoms with Crippen LogP contribution in [0.3, 0.4) is 0 Å². The summed E-state index contributed by atoms with van der Waals surface area (Å²) >= 11 is 1.28. The van der Waals surface area contributed by atoms with E-state index in [2.05, 4.69) is 14.9 Å². The van der Waals surface area contributed by atoms with E-state index in [0.29, 0.717) is 34.3 Å². The highest BCUT2D eigenvalue weighted by Crippen LogP contribution is 2.39. The molecule has 0 atom stereocenters. The molecule has 9 nitrogen and oxygen atoms in total. The van der Waals surface area contributed by atoms with Gasteiger partial charge in [-0.15, -0.1) is 10.2 Å². The fraction of sp³-hybridized carbons (Fsp3) is 0.500. The zero-order valence-electron chi connectivity index (χ0n) is 16.5. The predicted octanol–water partition coefficient (Wildman–Crippen LogP) is 1.82. The molecule has 0 aliphatic heterocycles. The first-order valence-electron chi connectivity index (χ1n) is 9.39. The van der Waals surface area contributed by atoms with Crippen LogP contribution in [0.25, 0.3) is 16.2 Å². The highest BCUT2D eigenvalue weighted by Gasteiger charge is 2.44. The number of hydrogen-bond acceptors (Lipinski definition) is 7. The van der Waals surface area contributed by atoms with Gasteiger partial charge in [0, 0.05) is 12.6 Å². The van der Waals surface area contributed by atoms with Crippen LogP contribution >= 0.6 is 11.3 Å². The van der Waals surface area contributed by atoms with Gasteiger partial charge in [-0.2, -0.15) is 0 Å². The first kappa shape index (κ1) is 20.2. The Labute approximate surface area is 172 Å². The third-order valence-electron chi connectivity index (χ3n) is 5.32. The van der Waals surface area contributed by atoms with Crippen LogP contribution in [0.5, 0.6) is 0 Å². The lowest BCUT2D eigenvalue weighted by atomic mass is 10.2. The van der Waals surface area contributed by atoms with E-state index in [-0.39, 0.29) is 16.1 Å². The maximum Gasteiger partial charge on any atom is 0.335 e. The minimum absolute atomic E-state index is 0.128. The van der Waals surface area contributed by atoms with Crippen molar-refractivity contribution in [2.24, 2.45) is 0 Å². The van der Waals surface area contributed by atoms with Crippen molar-refractivity contribution in [3.8, 4) is 5.13 Å². The summed E-state index contributed by atoms with van der Waals surface area (Å²) in [7, 11) is -2.14. The van der Waals surface area contributed by atoms with Crippen LogP contribution in [0, 0.1) is 6.92 Å². The quantitative estimate of drug-likeness (QED) is 0.576. The van der Waals surface area contributed by atoms with E-state index in [1.165, 1.54) is 28.0 Å². The van der Waals surface area contributed by atoms with Crippen molar-refractivity contribution in [2.45, 2.75) is 50.1 Å². The Hall–Kier alpha value is -2.08. The monoisotopic (exact) mass is 437 g/mol. The van der Waals surface area contributed by atoms with E-state index in [0.717, 1.165) is 19.3 Å². The van der Waals surface area contributed by atoms with Gasteiger partial charge in [0.2, 0.25) is 15.2 Å². The van der Waals surface area contributed by atoms with Gasteiger partial charge in [-0.1, -0.05) is 18.3 Å². The standard InChI is InChI=1S/C18H23N5O4S2/c1-4-18(7-8-18)21-29(25,26)13-5-6-14-15(11-13)23(16-20-19-12(2)28-16)17(24)22(14)9-10-27-3/h5-6,11,21H,4,7-10H2,1-3H3. The molecular formula is C18H23N5O4S2. The molecule has 1 aliphatic rings. The number of nitrogens with zero attached hydrogens (tertiary/aromatic N) is 4. The summed E-state index contributed by atoms with van der Waals surface area (Å²) in [4.78, 5) is 13.2. The third-order valence-corrected chi connectivity index (χ3v) is 7.72. The zero-order chi connectivity index (χ0) is 20.8. The van der Waals surface area contributed by atoms with Gasteiger partial charge >= 0.3 is 5.69 Å². The number of hydrogen-bond donors (Lipinski definition) is 1. The van der Waals surface area contributed by atoms with Gasteiger partial charge in [-0.3, -0.25) is 4.57 Å². The van der Waals surface area contributed by atoms with Crippen molar-refractivity contribution in [1.82, 2.24) is 24.1 Å². The van der Waals surface area contributed by atoms with Crippen LogP contribution in [0.2, 0.25) is 0 Å². The topological polar surface area (TPSA) is 108 Å². The second-order valence-electron chi connectivity index (χ2n) is 7.26. The third kappa shape index (κ3) is 3.63. The van der Waals surface area contributed by atoms with E-state index in [4.69, 9.17) is 4.74 Å². The Morgan fingerprint density at radius 1 is 1.28 bits per heavy atom. The summed E-state index contributed by atoms with van der Waals surface area (Å²) in [6.45, 7) is 4.48. The van der Waals surface area contributed by atoms with Gasteiger partial charge in [-0.05, 0) is 44.4 Å². The minimum Gasteiger partial charge on any atom is -0.383 e. The number of aryl methyl sites for hydroxylation is 1. The van der Waals surface area contributed by atoms with Gasteiger partial charge in [0.15, 0.2) is 0 Å². The van der Waals surface area contributed by atoms with Crippen molar-refractivity contribution in [1.29, 1.82) is 0 Å². The molecular weight excluding hydrogens is 414 g/mol. The Morgan fingerprint density at radius 3 is 2.62 bits per heavy atom. The SMILES string of the molecule is CCC1(NS(=O)(=O)c2ccc3c(c2)n(-c2nnc(C)s2)c(=O)n3CCOC)CC1. The van der Waals surface area contributed by atoms with E-state index < -0.39 is 10.0 Å². The number of benzene rings is 1. The number of fused-ring (bicyclic) bond motifs is 1. The van der Waals surface area contributed by atoms with Crippen molar-refractivity contribution >= 4 is 32.4 Å². The minimum atomic E-state index is -3.71. The van der Waals surface area contributed by atoms with Crippen LogP contribution < -0.4 is 10.4 Å². The van der Waals surface area contributed by atoms with Crippen LogP contribution in [-0.4, -0.2) is 47.0 Å². The molecule has 0 bridgehead atoms. The Bertz CT molecular complexity index is 1220. The summed E-state index contributed by atoms with van der Waals surface area (Å²) in [6.07, 6.45) is 2.43. The van der Waals surface area contributed by atoms with Gasteiger partial charge in [0.05, 0.1) is 29.1 Å². The molecule has 29 heavy (non-hydrogen) atoms. The van der Waals surface area contributed by atoms with E-state index in [9.17, 15) is 13.2 Å². The highest BCUT2D eigenvalue weighted by atomic mass is 32.2. The van der Waals surface area contributed by atoms with Crippen molar-refractivity contribution in [2.75, 3.05) is 13.7 Å². The van der Waals surface area contributed by atoms with Gasteiger partial charge in [-0.25, -0.2) is 22.5 Å². The number of methoxy groups -OCH3 is 1. The molecule has 1 saturated carbocycles. The van der Waals surface area contributed by atoms with Crippen LogP contribution in [0.15, 0.2) is 27.9 Å². The van der Waals surface area contributed by atoms with Crippen LogP contribution in [0.1, 0.15) is 31.2 Å². The van der Waals surface area contributed by atoms with E-state index in [1.807, 2.05) is 6.92 Å². The molecule has 2 aromatic heterocycles. The lowest BCUT2D eigenvalue weighted by molar-refractivity contribution is 0.187. The van der Waals surface area contributed by atoms with Crippen molar-refractivity contribution < 1.29 is 13.2 Å². The highest BCUT2D eigenvalue weighted by molar-refractivity contribution is 7.89. The van der Waals surface area contributed by atoms with Crippen molar-refractivity contribution in [3.63, 3.8) is 0 Å². The summed E-state index contributed by atoms with van der Waals surface area (Å²) in [6, 6.07) is 4.73. The molecule has 1 N–H and O–H groups in total. The summed E-state index contributed by atoms with van der Waals surface area (Å²) in [5.41, 5.74) is 0.457. The molecule has 11 heteroatoms. The summed E-state index contributed by atoms with van der Waals surface area (Å²) in [5.74, 6) is 0. The number of imidazole rings is 1. The Balaban J connectivity index is 1.88. The summed E-state index contributed by atoms with van der Waals surface area (Å²) < 4.78 is 36.8. The Kier molecular flexibility index (Phi) is 5.09. The first-order chi connectivity index (χ1) is 13.8. The second kappa shape index (κ2) is 7.31. The average molecular weight is 438 g/mol. The zero-order valence-corrected chi connectivity index (χ0v) is 18.1. The number of ether oxygens (including phenoxy) is 1. The van der Waals surface area contributed by atoms with Gasteiger partial charge in [0.1, 0.15) is 5.01 Å². The Morgan fingerprint density at radius 2 is 2.03 bits per heavy atom. The molecule has 0 spiro atoms. The molecule has 1 aliphatic carbocycles.